The van der Waals surface area contributed by atoms with Gasteiger partial charge in [-0.25, -0.2) is 14.4 Å². The second-order valence-corrected chi connectivity index (χ2v) is 9.58. The van der Waals surface area contributed by atoms with Gasteiger partial charge in [-0.05, 0) is 56.7 Å². The first-order valence-electron chi connectivity index (χ1n) is 13.8. The second-order valence-electron chi connectivity index (χ2n) is 8.59. The fraction of sp³-hybridized carbons (Fsp3) is 0.552. The number of carbonyl (C=O) groups excluding carboxylic acids is 1. The number of rotatable bonds is 9. The number of unbranched alkanes of at least 4 members (excludes halogenated alkanes) is 1. The Morgan fingerprint density at radius 3 is 2.45 bits per heavy atom. The summed E-state index contributed by atoms with van der Waals surface area (Å²) in [5.41, 5.74) is 1.44. The highest BCUT2D eigenvalue weighted by Gasteiger charge is 2.24. The van der Waals surface area contributed by atoms with Crippen LogP contribution < -0.4 is 15.4 Å². The van der Waals surface area contributed by atoms with Crippen molar-refractivity contribution in [3.05, 3.63) is 40.8 Å². The zero-order valence-corrected chi connectivity index (χ0v) is 24.6. The Kier molecular flexibility index (Phi) is 13.4. The van der Waals surface area contributed by atoms with Gasteiger partial charge in [0.15, 0.2) is 0 Å². The van der Waals surface area contributed by atoms with Crippen LogP contribution in [0.25, 0.3) is 10.2 Å². The van der Waals surface area contributed by atoms with Gasteiger partial charge in [0.1, 0.15) is 28.5 Å². The number of nitrogens with zero attached hydrogens (tertiary/aromatic N) is 2. The molecule has 1 amide bonds. The smallest absolute Gasteiger partial charge is 0.261 e. The van der Waals surface area contributed by atoms with Gasteiger partial charge in [0, 0.05) is 19.7 Å². The molecule has 38 heavy (non-hydrogen) atoms. The predicted octanol–water partition coefficient (Wildman–Crippen LogP) is 7.80. The van der Waals surface area contributed by atoms with Gasteiger partial charge in [0.05, 0.1) is 28.2 Å². The molecule has 0 spiro atoms. The van der Waals surface area contributed by atoms with Crippen molar-refractivity contribution in [2.45, 2.75) is 92.3 Å². The van der Waals surface area contributed by atoms with E-state index in [9.17, 15) is 9.18 Å². The van der Waals surface area contributed by atoms with Gasteiger partial charge >= 0.3 is 0 Å². The summed E-state index contributed by atoms with van der Waals surface area (Å²) in [4.78, 5) is 22.8. The van der Waals surface area contributed by atoms with Gasteiger partial charge in [-0.3, -0.25) is 4.79 Å². The van der Waals surface area contributed by atoms with Crippen LogP contribution in [0.4, 0.5) is 15.9 Å². The third-order valence-electron chi connectivity index (χ3n) is 6.19. The number of methoxy groups -OCH3 is 1. The first kappa shape index (κ1) is 31.4. The van der Waals surface area contributed by atoms with Crippen LogP contribution in [0.5, 0.6) is 5.75 Å². The van der Waals surface area contributed by atoms with E-state index in [-0.39, 0.29) is 23.9 Å². The number of benzene rings is 1. The SMILES string of the molecule is CC.CC.CCCCNC(=O)c1sc2ncnc(Nc3ccc(F)cc3OC3CCC(OC)CC3)c2c1C. The van der Waals surface area contributed by atoms with Crippen LogP contribution in [0.1, 0.15) is 88.4 Å². The average molecular weight is 547 g/mol. The van der Waals surface area contributed by atoms with Crippen LogP contribution in [-0.4, -0.2) is 41.7 Å². The molecule has 0 saturated heterocycles. The molecule has 0 radical (unpaired) electrons. The number of hydrogen-bond acceptors (Lipinski definition) is 7. The normalized spacial score (nSPS) is 16.5. The second kappa shape index (κ2) is 16.2. The minimum Gasteiger partial charge on any atom is -0.488 e. The number of amides is 1. The van der Waals surface area contributed by atoms with E-state index in [1.165, 1.54) is 29.8 Å². The highest BCUT2D eigenvalue weighted by molar-refractivity contribution is 7.20. The Hall–Kier alpha value is -2.78. The predicted molar refractivity (Wildman–Crippen MR) is 155 cm³/mol. The minimum atomic E-state index is -0.364. The van der Waals surface area contributed by atoms with Crippen LogP contribution in [0.3, 0.4) is 0 Å². The maximum absolute atomic E-state index is 14.1. The first-order valence-corrected chi connectivity index (χ1v) is 14.6. The minimum absolute atomic E-state index is 0.000436. The topological polar surface area (TPSA) is 85.4 Å². The maximum Gasteiger partial charge on any atom is 0.261 e. The quantitative estimate of drug-likeness (QED) is 0.266. The lowest BCUT2D eigenvalue weighted by molar-refractivity contribution is 0.0329. The third-order valence-corrected chi connectivity index (χ3v) is 7.39. The summed E-state index contributed by atoms with van der Waals surface area (Å²) in [5, 5.41) is 7.06. The molecule has 7 nitrogen and oxygen atoms in total. The van der Waals surface area contributed by atoms with Crippen molar-refractivity contribution in [2.75, 3.05) is 19.0 Å². The Labute approximate surface area is 230 Å². The highest BCUT2D eigenvalue weighted by Crippen LogP contribution is 2.37. The van der Waals surface area contributed by atoms with E-state index in [1.807, 2.05) is 34.6 Å². The Morgan fingerprint density at radius 2 is 1.79 bits per heavy atom. The largest absolute Gasteiger partial charge is 0.488 e. The summed E-state index contributed by atoms with van der Waals surface area (Å²) in [6.07, 6.45) is 7.22. The summed E-state index contributed by atoms with van der Waals surface area (Å²) < 4.78 is 25.7. The Bertz CT molecular complexity index is 1150. The van der Waals surface area contributed by atoms with Gasteiger partial charge in [0.2, 0.25) is 0 Å². The van der Waals surface area contributed by atoms with Crippen molar-refractivity contribution >= 4 is 39.0 Å². The fourth-order valence-corrected chi connectivity index (χ4v) is 5.30. The number of hydrogen-bond donors (Lipinski definition) is 2. The summed E-state index contributed by atoms with van der Waals surface area (Å²) in [6.45, 7) is 12.6. The number of aryl methyl sites for hydroxylation is 1. The zero-order chi connectivity index (χ0) is 28.1. The number of ether oxygens (including phenoxy) is 2. The molecule has 4 rings (SSSR count). The summed E-state index contributed by atoms with van der Waals surface area (Å²) >= 11 is 1.35. The number of aromatic nitrogens is 2. The molecule has 1 saturated carbocycles. The molecular formula is C29H43FN4O3S. The molecular weight excluding hydrogens is 503 g/mol. The molecule has 9 heteroatoms. The van der Waals surface area contributed by atoms with E-state index in [0.717, 1.165) is 54.3 Å². The number of anilines is 2. The molecule has 0 atom stereocenters. The van der Waals surface area contributed by atoms with Gasteiger partial charge in [-0.2, -0.15) is 0 Å². The standard InChI is InChI=1S/C25H31FN4O3S.2C2H6/c1-4-5-12-27-24(31)22-15(2)21-23(28-14-29-25(21)34-22)30-19-11-6-16(26)13-20(19)33-18-9-7-17(32-3)8-10-18;2*1-2/h6,11,13-14,17-18H,4-5,7-10,12H2,1-3H3,(H,27,31)(H,28,29,30);2*1-2H3. The molecule has 1 fully saturated rings. The van der Waals surface area contributed by atoms with Crippen LogP contribution in [0.15, 0.2) is 24.5 Å². The Morgan fingerprint density at radius 1 is 1.11 bits per heavy atom. The number of thiophene rings is 1. The third kappa shape index (κ3) is 8.11. The van der Waals surface area contributed by atoms with Gasteiger partial charge in [-0.15, -0.1) is 11.3 Å². The Balaban J connectivity index is 0.00000121. The molecule has 1 aliphatic carbocycles. The van der Waals surface area contributed by atoms with E-state index >= 15 is 0 Å². The van der Waals surface area contributed by atoms with Gasteiger partial charge in [0.25, 0.3) is 5.91 Å². The van der Waals surface area contributed by atoms with Crippen molar-refractivity contribution in [1.29, 1.82) is 0 Å². The van der Waals surface area contributed by atoms with Crippen molar-refractivity contribution in [2.24, 2.45) is 0 Å². The van der Waals surface area contributed by atoms with E-state index in [4.69, 9.17) is 9.47 Å². The van der Waals surface area contributed by atoms with Crippen LogP contribution >= 0.6 is 11.3 Å². The molecule has 210 valence electrons. The lowest BCUT2D eigenvalue weighted by atomic mass is 9.95. The summed E-state index contributed by atoms with van der Waals surface area (Å²) in [6, 6.07) is 4.44. The van der Waals surface area contributed by atoms with E-state index < -0.39 is 0 Å². The van der Waals surface area contributed by atoms with E-state index in [0.29, 0.717) is 28.7 Å². The van der Waals surface area contributed by atoms with Crippen LogP contribution in [-0.2, 0) is 4.74 Å². The molecule has 1 aromatic carbocycles. The van der Waals surface area contributed by atoms with Crippen molar-refractivity contribution in [3.8, 4) is 5.75 Å². The van der Waals surface area contributed by atoms with E-state index in [2.05, 4.69) is 27.5 Å². The molecule has 1 aliphatic rings. The zero-order valence-electron chi connectivity index (χ0n) is 23.8. The molecule has 2 N–H and O–H groups in total. The van der Waals surface area contributed by atoms with E-state index in [1.54, 1.807) is 13.2 Å². The first-order chi connectivity index (χ1) is 18.5. The van der Waals surface area contributed by atoms with Crippen LogP contribution in [0, 0.1) is 12.7 Å². The number of carbonyl (C=O) groups is 1. The van der Waals surface area contributed by atoms with Gasteiger partial charge < -0.3 is 20.1 Å². The van der Waals surface area contributed by atoms with Gasteiger partial charge in [-0.1, -0.05) is 41.0 Å². The lowest BCUT2D eigenvalue weighted by Crippen LogP contribution is -2.27. The molecule has 0 unspecified atom stereocenters. The maximum atomic E-state index is 14.1. The number of halogens is 1. The highest BCUT2D eigenvalue weighted by atomic mass is 32.1. The number of fused-ring (bicyclic) bond motifs is 1. The van der Waals surface area contributed by atoms with Crippen molar-refractivity contribution in [1.82, 2.24) is 15.3 Å². The molecule has 0 bridgehead atoms. The summed E-state index contributed by atoms with van der Waals surface area (Å²) in [7, 11) is 1.73. The molecule has 2 aromatic heterocycles. The molecule has 3 aromatic rings. The van der Waals surface area contributed by atoms with Crippen LogP contribution in [0.2, 0.25) is 0 Å². The average Bonchev–Trinajstić information content (AvgIpc) is 3.30. The molecule has 0 aliphatic heterocycles. The number of nitrogens with one attached hydrogen (secondary N) is 2. The monoisotopic (exact) mass is 546 g/mol. The fourth-order valence-electron chi connectivity index (χ4n) is 4.23. The molecule has 2 heterocycles. The summed E-state index contributed by atoms with van der Waals surface area (Å²) in [5.74, 6) is 0.540. The van der Waals surface area contributed by atoms with Crippen molar-refractivity contribution < 1.29 is 18.7 Å². The van der Waals surface area contributed by atoms with Crippen molar-refractivity contribution in [3.63, 3.8) is 0 Å². The lowest BCUT2D eigenvalue weighted by Gasteiger charge is -2.28.